The second-order valence-electron chi connectivity index (χ2n) is 3.67. The highest BCUT2D eigenvalue weighted by atomic mass is 16.3. The van der Waals surface area contributed by atoms with E-state index in [0.717, 1.165) is 11.3 Å². The smallest absolute Gasteiger partial charge is 0.124 e. The molecule has 85 valence electrons. The Morgan fingerprint density at radius 1 is 1.06 bits per heavy atom. The van der Waals surface area contributed by atoms with E-state index in [0.29, 0.717) is 5.56 Å². The molecule has 0 fully saturated rings. The monoisotopic (exact) mass is 226 g/mol. The highest BCUT2D eigenvalue weighted by molar-refractivity contribution is 5.85. The molecule has 17 heavy (non-hydrogen) atoms. The van der Waals surface area contributed by atoms with Crippen LogP contribution in [0.15, 0.2) is 47.5 Å². The van der Waals surface area contributed by atoms with Crippen LogP contribution in [0.1, 0.15) is 11.1 Å². The minimum Gasteiger partial charge on any atom is -0.508 e. The van der Waals surface area contributed by atoms with Crippen molar-refractivity contribution in [3.63, 3.8) is 0 Å². The molecule has 0 aliphatic carbocycles. The van der Waals surface area contributed by atoms with E-state index in [2.05, 4.69) is 11.9 Å². The average molecular weight is 226 g/mol. The number of phenols is 2. The maximum atomic E-state index is 9.55. The van der Waals surface area contributed by atoms with Crippen LogP contribution in [-0.4, -0.2) is 16.4 Å². The van der Waals surface area contributed by atoms with E-state index >= 15 is 0 Å². The Hall–Kier alpha value is -2.29. The van der Waals surface area contributed by atoms with Gasteiger partial charge in [0, 0.05) is 11.8 Å². The van der Waals surface area contributed by atoms with Gasteiger partial charge in [-0.3, -0.25) is 4.99 Å². The van der Waals surface area contributed by atoms with Gasteiger partial charge in [-0.2, -0.15) is 0 Å². The van der Waals surface area contributed by atoms with Gasteiger partial charge in [0.1, 0.15) is 11.5 Å². The summed E-state index contributed by atoms with van der Waals surface area (Å²) in [6.45, 7) is 3.80. The van der Waals surface area contributed by atoms with Gasteiger partial charge in [-0.1, -0.05) is 12.1 Å². The largest absolute Gasteiger partial charge is 0.508 e. The lowest BCUT2D eigenvalue weighted by Crippen LogP contribution is -1.82. The molecule has 3 nitrogen and oxygen atoms in total. The molecular formula is C14H12NO2. The van der Waals surface area contributed by atoms with Crippen LogP contribution >= 0.6 is 0 Å². The molecule has 3 heteroatoms. The Bertz CT molecular complexity index is 562. The van der Waals surface area contributed by atoms with E-state index in [1.165, 1.54) is 24.4 Å². The van der Waals surface area contributed by atoms with Crippen molar-refractivity contribution in [2.24, 2.45) is 4.99 Å². The molecule has 0 aliphatic rings. The predicted molar refractivity (Wildman–Crippen MR) is 67.9 cm³/mol. The number of benzene rings is 2. The van der Waals surface area contributed by atoms with Crippen LogP contribution in [0, 0.1) is 6.92 Å². The van der Waals surface area contributed by atoms with Crippen molar-refractivity contribution in [3.8, 4) is 11.5 Å². The van der Waals surface area contributed by atoms with Crippen molar-refractivity contribution in [3.05, 3.63) is 60.5 Å². The first-order valence-corrected chi connectivity index (χ1v) is 5.13. The summed E-state index contributed by atoms with van der Waals surface area (Å²) < 4.78 is 0. The first-order chi connectivity index (χ1) is 8.15. The van der Waals surface area contributed by atoms with E-state index in [9.17, 15) is 10.2 Å². The normalized spacial score (nSPS) is 10.9. The summed E-state index contributed by atoms with van der Waals surface area (Å²) in [7, 11) is 0. The van der Waals surface area contributed by atoms with Gasteiger partial charge in [-0.25, -0.2) is 0 Å². The molecule has 2 aromatic rings. The zero-order valence-electron chi connectivity index (χ0n) is 9.17. The highest BCUT2D eigenvalue weighted by Gasteiger charge is 1.99. The van der Waals surface area contributed by atoms with Crippen LogP contribution in [0.25, 0.3) is 0 Å². The molecule has 0 unspecified atom stereocenters. The van der Waals surface area contributed by atoms with E-state index in [1.807, 2.05) is 24.3 Å². The number of hydrogen-bond donors (Lipinski definition) is 2. The van der Waals surface area contributed by atoms with Crippen molar-refractivity contribution < 1.29 is 10.2 Å². The Kier molecular flexibility index (Phi) is 3.10. The number of aliphatic imine (C=N–C) groups is 1. The second kappa shape index (κ2) is 4.70. The van der Waals surface area contributed by atoms with Crippen LogP contribution in [0.3, 0.4) is 0 Å². The summed E-state index contributed by atoms with van der Waals surface area (Å²) in [6, 6.07) is 11.7. The van der Waals surface area contributed by atoms with Gasteiger partial charge >= 0.3 is 0 Å². The maximum Gasteiger partial charge on any atom is 0.124 e. The SMILES string of the molecule is [CH2]c1cccc(N=Cc2cc(O)ccc2O)c1. The lowest BCUT2D eigenvalue weighted by Gasteiger charge is -1.99. The van der Waals surface area contributed by atoms with Crippen LogP contribution in [0.2, 0.25) is 0 Å². The van der Waals surface area contributed by atoms with E-state index in [1.54, 1.807) is 0 Å². The van der Waals surface area contributed by atoms with E-state index < -0.39 is 0 Å². The summed E-state index contributed by atoms with van der Waals surface area (Å²) in [5.41, 5.74) is 2.10. The topological polar surface area (TPSA) is 52.8 Å². The lowest BCUT2D eigenvalue weighted by atomic mass is 10.2. The molecule has 0 atom stereocenters. The van der Waals surface area contributed by atoms with E-state index in [4.69, 9.17) is 0 Å². The summed E-state index contributed by atoms with van der Waals surface area (Å²) in [5.74, 6) is 0.174. The second-order valence-corrected chi connectivity index (χ2v) is 3.67. The first kappa shape index (κ1) is 11.2. The third-order valence-corrected chi connectivity index (χ3v) is 2.27. The molecule has 2 N–H and O–H groups in total. The maximum absolute atomic E-state index is 9.55. The molecule has 0 saturated heterocycles. The fraction of sp³-hybridized carbons (Fsp3) is 0. The molecule has 0 aromatic heterocycles. The van der Waals surface area contributed by atoms with Crippen molar-refractivity contribution in [1.29, 1.82) is 0 Å². The van der Waals surface area contributed by atoms with Gasteiger partial charge in [0.25, 0.3) is 0 Å². The number of phenolic OH excluding ortho intramolecular Hbond substituents is 2. The molecule has 0 saturated carbocycles. The molecule has 2 rings (SSSR count). The van der Waals surface area contributed by atoms with Crippen LogP contribution < -0.4 is 0 Å². The van der Waals surface area contributed by atoms with Gasteiger partial charge in [0.15, 0.2) is 0 Å². The number of rotatable bonds is 2. The van der Waals surface area contributed by atoms with Crippen LogP contribution in [0.5, 0.6) is 11.5 Å². The summed E-state index contributed by atoms with van der Waals surface area (Å²) >= 11 is 0. The average Bonchev–Trinajstić information content (AvgIpc) is 2.30. The number of nitrogens with zero attached hydrogens (tertiary/aromatic N) is 1. The minimum absolute atomic E-state index is 0.0809. The number of hydrogen-bond acceptors (Lipinski definition) is 3. The van der Waals surface area contributed by atoms with Crippen molar-refractivity contribution in [2.45, 2.75) is 0 Å². The van der Waals surface area contributed by atoms with Gasteiger partial charge in [-0.05, 0) is 42.8 Å². The quantitative estimate of drug-likeness (QED) is 0.611. The zero-order valence-corrected chi connectivity index (χ0v) is 9.17. The molecule has 2 aromatic carbocycles. The summed E-state index contributed by atoms with van der Waals surface area (Å²) in [4.78, 5) is 4.20. The van der Waals surface area contributed by atoms with Crippen molar-refractivity contribution in [2.75, 3.05) is 0 Å². The zero-order chi connectivity index (χ0) is 12.3. The fourth-order valence-electron chi connectivity index (χ4n) is 1.43. The third-order valence-electron chi connectivity index (χ3n) is 2.27. The molecule has 0 aliphatic heterocycles. The molecule has 0 heterocycles. The van der Waals surface area contributed by atoms with Gasteiger partial charge in [-0.15, -0.1) is 0 Å². The van der Waals surface area contributed by atoms with Crippen molar-refractivity contribution >= 4 is 11.9 Å². The van der Waals surface area contributed by atoms with Gasteiger partial charge < -0.3 is 10.2 Å². The number of aromatic hydroxyl groups is 2. The molecule has 1 radical (unpaired) electrons. The molecule has 0 spiro atoms. The Labute approximate surface area is 99.7 Å². The molecular weight excluding hydrogens is 214 g/mol. The minimum atomic E-state index is 0.0809. The predicted octanol–water partition coefficient (Wildman–Crippen LogP) is 3.03. The third kappa shape index (κ3) is 2.84. The van der Waals surface area contributed by atoms with Crippen molar-refractivity contribution in [1.82, 2.24) is 0 Å². The van der Waals surface area contributed by atoms with Gasteiger partial charge in [0.2, 0.25) is 0 Å². The Morgan fingerprint density at radius 2 is 1.88 bits per heavy atom. The summed E-state index contributed by atoms with van der Waals surface area (Å²) in [6.07, 6.45) is 1.50. The van der Waals surface area contributed by atoms with E-state index in [-0.39, 0.29) is 11.5 Å². The molecule has 0 amide bonds. The Morgan fingerprint density at radius 3 is 2.65 bits per heavy atom. The summed E-state index contributed by atoms with van der Waals surface area (Å²) in [5, 5.41) is 18.8. The highest BCUT2D eigenvalue weighted by Crippen LogP contribution is 2.21. The molecule has 0 bridgehead atoms. The standard InChI is InChI=1S/C14H12NO2/c1-10-3-2-4-12(7-10)15-9-11-8-13(16)5-6-14(11)17/h2-9,16-17H,1H2. The Balaban J connectivity index is 2.29. The van der Waals surface area contributed by atoms with Gasteiger partial charge in [0.05, 0.1) is 5.69 Å². The first-order valence-electron chi connectivity index (χ1n) is 5.13. The lowest BCUT2D eigenvalue weighted by molar-refractivity contribution is 0.459. The fourth-order valence-corrected chi connectivity index (χ4v) is 1.43. The van der Waals surface area contributed by atoms with Crippen LogP contribution in [-0.2, 0) is 0 Å². The van der Waals surface area contributed by atoms with Crippen LogP contribution in [0.4, 0.5) is 5.69 Å².